The first-order valence-corrected chi connectivity index (χ1v) is 14.1. The zero-order valence-corrected chi connectivity index (χ0v) is 22.0. The SMILES string of the molecule is Cc1cc(C)c(B(c2c(C)cc(C)cc2C)c2cccc3cccc(P(Cl)Cl)c23)c(C)c1. The van der Waals surface area contributed by atoms with Gasteiger partial charge >= 0.3 is 0 Å². The van der Waals surface area contributed by atoms with Crippen molar-refractivity contribution in [2.45, 2.75) is 41.5 Å². The quantitative estimate of drug-likeness (QED) is 0.229. The largest absolute Gasteiger partial charge is 0.243 e. The van der Waals surface area contributed by atoms with Crippen molar-refractivity contribution in [3.05, 3.63) is 94.0 Å². The molecule has 0 aliphatic heterocycles. The van der Waals surface area contributed by atoms with Gasteiger partial charge in [0.25, 0.3) is 0 Å². The maximum atomic E-state index is 6.55. The van der Waals surface area contributed by atoms with Crippen LogP contribution in [0.2, 0.25) is 0 Å². The van der Waals surface area contributed by atoms with Crippen LogP contribution in [0, 0.1) is 41.5 Å². The lowest BCUT2D eigenvalue weighted by atomic mass is 9.33. The molecule has 0 spiro atoms. The summed E-state index contributed by atoms with van der Waals surface area (Å²) in [4.78, 5) is 0. The van der Waals surface area contributed by atoms with E-state index >= 15 is 0 Å². The molecule has 4 aromatic rings. The summed E-state index contributed by atoms with van der Waals surface area (Å²) >= 11 is 13.1. The van der Waals surface area contributed by atoms with Crippen molar-refractivity contribution in [2.75, 3.05) is 0 Å². The number of halogens is 2. The van der Waals surface area contributed by atoms with Crippen LogP contribution >= 0.6 is 29.1 Å². The van der Waals surface area contributed by atoms with Crippen LogP contribution in [-0.2, 0) is 0 Å². The smallest absolute Gasteiger partial charge is 0.0727 e. The van der Waals surface area contributed by atoms with Crippen LogP contribution in [0.15, 0.2) is 60.7 Å². The summed E-state index contributed by atoms with van der Waals surface area (Å²) in [5, 5.41) is 3.41. The highest BCUT2D eigenvalue weighted by molar-refractivity contribution is 8.09. The molecule has 162 valence electrons. The zero-order valence-electron chi connectivity index (χ0n) is 19.6. The molecule has 0 unspecified atom stereocenters. The summed E-state index contributed by atoms with van der Waals surface area (Å²) in [5.41, 5.74) is 11.9. The maximum Gasteiger partial charge on any atom is 0.243 e. The van der Waals surface area contributed by atoms with E-state index in [1.807, 2.05) is 0 Å². The second-order valence-corrected chi connectivity index (χ2v) is 12.5. The van der Waals surface area contributed by atoms with E-state index in [1.165, 1.54) is 60.5 Å². The predicted molar refractivity (Wildman–Crippen MR) is 148 cm³/mol. The molecular weight excluding hydrogens is 449 g/mol. The number of hydrogen-bond donors (Lipinski definition) is 0. The topological polar surface area (TPSA) is 0 Å². The van der Waals surface area contributed by atoms with Crippen molar-refractivity contribution in [1.82, 2.24) is 0 Å². The summed E-state index contributed by atoms with van der Waals surface area (Å²) in [6.45, 7) is 12.1. The van der Waals surface area contributed by atoms with E-state index in [4.69, 9.17) is 22.5 Å². The van der Waals surface area contributed by atoms with Crippen LogP contribution in [0.4, 0.5) is 0 Å². The Balaban J connectivity index is 2.17. The fourth-order valence-electron chi connectivity index (χ4n) is 5.48. The minimum Gasteiger partial charge on any atom is -0.0727 e. The lowest BCUT2D eigenvalue weighted by Gasteiger charge is -2.26. The molecule has 0 bridgehead atoms. The third kappa shape index (κ3) is 4.24. The molecule has 0 aliphatic carbocycles. The molecule has 0 atom stereocenters. The van der Waals surface area contributed by atoms with Gasteiger partial charge in [-0.3, -0.25) is 0 Å². The first kappa shape index (κ1) is 23.4. The molecule has 4 aromatic carbocycles. The molecule has 0 amide bonds. The maximum absolute atomic E-state index is 6.55. The molecule has 0 saturated heterocycles. The van der Waals surface area contributed by atoms with Crippen LogP contribution in [0.1, 0.15) is 33.4 Å². The van der Waals surface area contributed by atoms with Crippen molar-refractivity contribution < 1.29 is 0 Å². The lowest BCUT2D eigenvalue weighted by Crippen LogP contribution is -2.56. The highest BCUT2D eigenvalue weighted by atomic mass is 35.9. The molecular formula is C28H28BCl2P. The van der Waals surface area contributed by atoms with E-state index < -0.39 is 6.63 Å². The molecule has 0 aliphatic rings. The molecule has 0 radical (unpaired) electrons. The van der Waals surface area contributed by atoms with Crippen molar-refractivity contribution >= 4 is 68.3 Å². The third-order valence-corrected chi connectivity index (χ3v) is 8.29. The highest BCUT2D eigenvalue weighted by Gasteiger charge is 2.30. The molecule has 0 nitrogen and oxygen atoms in total. The second-order valence-electron chi connectivity index (χ2n) is 9.01. The van der Waals surface area contributed by atoms with Crippen LogP contribution in [0.5, 0.6) is 0 Å². The Labute approximate surface area is 203 Å². The Morgan fingerprint density at radius 2 is 1.06 bits per heavy atom. The molecule has 0 heterocycles. The Bertz CT molecular complexity index is 1220. The number of fused-ring (bicyclic) bond motifs is 1. The summed E-state index contributed by atoms with van der Waals surface area (Å²) in [7, 11) is 0. The number of hydrogen-bond acceptors (Lipinski definition) is 0. The first-order valence-electron chi connectivity index (χ1n) is 11.0. The van der Waals surface area contributed by atoms with Gasteiger partial charge in [-0.05, 0) is 52.3 Å². The molecule has 0 aromatic heterocycles. The average Bonchev–Trinajstić information content (AvgIpc) is 2.70. The summed E-state index contributed by atoms with van der Waals surface area (Å²) < 4.78 is 0. The standard InChI is InChI=1S/C28H28BCl2P/c1-17-13-19(3)27(20(4)14-17)29(28-21(5)15-18(2)16-22(28)6)24-11-7-9-23-10-8-12-25(26(23)24)32(30)31/h7-16H,1-6H3. The van der Waals surface area contributed by atoms with Gasteiger partial charge in [0, 0.05) is 5.30 Å². The van der Waals surface area contributed by atoms with Gasteiger partial charge in [0.2, 0.25) is 6.71 Å². The Kier molecular flexibility index (Phi) is 6.74. The van der Waals surface area contributed by atoms with Crippen LogP contribution in [0.25, 0.3) is 10.8 Å². The molecule has 0 N–H and O–H groups in total. The Hall–Kier alpha value is -1.79. The first-order chi connectivity index (χ1) is 15.2. The fraction of sp³-hybridized carbons (Fsp3) is 0.214. The van der Waals surface area contributed by atoms with Gasteiger partial charge in [-0.1, -0.05) is 133 Å². The highest BCUT2D eigenvalue weighted by Crippen LogP contribution is 2.46. The molecule has 0 fully saturated rings. The van der Waals surface area contributed by atoms with Crippen LogP contribution in [0.3, 0.4) is 0 Å². The molecule has 32 heavy (non-hydrogen) atoms. The van der Waals surface area contributed by atoms with E-state index in [0.717, 1.165) is 5.30 Å². The summed E-state index contributed by atoms with van der Waals surface area (Å²) in [6.07, 6.45) is 0. The monoisotopic (exact) mass is 476 g/mol. The van der Waals surface area contributed by atoms with E-state index in [9.17, 15) is 0 Å². The van der Waals surface area contributed by atoms with Gasteiger partial charge < -0.3 is 0 Å². The van der Waals surface area contributed by atoms with Gasteiger partial charge in [-0.25, -0.2) is 0 Å². The number of benzene rings is 4. The van der Waals surface area contributed by atoms with Crippen molar-refractivity contribution in [1.29, 1.82) is 0 Å². The fourth-order valence-corrected chi connectivity index (χ4v) is 6.95. The van der Waals surface area contributed by atoms with E-state index in [1.54, 1.807) is 0 Å². The van der Waals surface area contributed by atoms with Crippen molar-refractivity contribution in [2.24, 2.45) is 0 Å². The van der Waals surface area contributed by atoms with E-state index in [2.05, 4.69) is 102 Å². The second kappa shape index (κ2) is 9.22. The Morgan fingerprint density at radius 1 is 0.625 bits per heavy atom. The lowest BCUT2D eigenvalue weighted by molar-refractivity contribution is 1.34. The summed E-state index contributed by atoms with van der Waals surface area (Å²) in [5.74, 6) is 0. The van der Waals surface area contributed by atoms with Gasteiger partial charge in [-0.15, -0.1) is 0 Å². The number of rotatable bonds is 4. The van der Waals surface area contributed by atoms with Gasteiger partial charge in [0.1, 0.15) is 6.63 Å². The van der Waals surface area contributed by atoms with E-state index in [-0.39, 0.29) is 6.71 Å². The predicted octanol–water partition coefficient (Wildman–Crippen LogP) is 6.62. The summed E-state index contributed by atoms with van der Waals surface area (Å²) in [6, 6.07) is 22.1. The molecule has 4 heteroatoms. The minimum absolute atomic E-state index is 0.101. The van der Waals surface area contributed by atoms with Crippen molar-refractivity contribution in [3.8, 4) is 0 Å². The van der Waals surface area contributed by atoms with Crippen LogP contribution in [-0.4, -0.2) is 6.71 Å². The normalized spacial score (nSPS) is 11.4. The van der Waals surface area contributed by atoms with Gasteiger partial charge in [-0.2, -0.15) is 0 Å². The Morgan fingerprint density at radius 3 is 1.50 bits per heavy atom. The van der Waals surface area contributed by atoms with E-state index in [0.29, 0.717) is 0 Å². The van der Waals surface area contributed by atoms with Crippen molar-refractivity contribution in [3.63, 3.8) is 0 Å². The minimum atomic E-state index is -1.27. The molecule has 4 rings (SSSR count). The third-order valence-electron chi connectivity index (χ3n) is 6.46. The van der Waals surface area contributed by atoms with Crippen LogP contribution < -0.4 is 21.7 Å². The zero-order chi connectivity index (χ0) is 23.2. The van der Waals surface area contributed by atoms with Gasteiger partial charge in [0.05, 0.1) is 0 Å². The number of aryl methyl sites for hydroxylation is 6. The average molecular weight is 477 g/mol. The molecule has 0 saturated carbocycles. The van der Waals surface area contributed by atoms with Gasteiger partial charge in [0.15, 0.2) is 0 Å².